The number of aryl methyl sites for hydroxylation is 2. The number of nitrogens with zero attached hydrogens (tertiary/aromatic N) is 3. The minimum atomic E-state index is -0.136. The molecule has 0 radical (unpaired) electrons. The monoisotopic (exact) mass is 365 g/mol. The summed E-state index contributed by atoms with van der Waals surface area (Å²) in [6, 6.07) is 10.5. The fraction of sp³-hybridized carbons (Fsp3) is 0.500. The molecule has 0 saturated carbocycles. The molecule has 1 aliphatic carbocycles. The van der Waals surface area contributed by atoms with Crippen LogP contribution in [0.3, 0.4) is 0 Å². The molecule has 5 nitrogen and oxygen atoms in total. The van der Waals surface area contributed by atoms with Gasteiger partial charge in [0.05, 0.1) is 13.0 Å². The molecular weight excluding hydrogens is 338 g/mol. The van der Waals surface area contributed by atoms with E-state index in [2.05, 4.69) is 34.1 Å². The van der Waals surface area contributed by atoms with Gasteiger partial charge in [-0.15, -0.1) is 0 Å². The van der Waals surface area contributed by atoms with Gasteiger partial charge in [0.25, 0.3) is 0 Å². The Balaban J connectivity index is 1.71. The lowest BCUT2D eigenvalue weighted by atomic mass is 9.84. The van der Waals surface area contributed by atoms with Gasteiger partial charge in [-0.2, -0.15) is 0 Å². The van der Waals surface area contributed by atoms with Crippen LogP contribution in [0.1, 0.15) is 47.8 Å². The summed E-state index contributed by atoms with van der Waals surface area (Å²) in [4.78, 5) is 24.2. The second-order valence-electron chi connectivity index (χ2n) is 7.70. The molecule has 1 saturated heterocycles. The first-order valence-electron chi connectivity index (χ1n) is 9.90. The van der Waals surface area contributed by atoms with Gasteiger partial charge < -0.3 is 9.64 Å². The Kier molecular flexibility index (Phi) is 5.10. The highest BCUT2D eigenvalue weighted by Gasteiger charge is 2.35. The number of rotatable bonds is 3. The summed E-state index contributed by atoms with van der Waals surface area (Å²) in [5.41, 5.74) is 3.75. The second kappa shape index (κ2) is 7.67. The van der Waals surface area contributed by atoms with Crippen LogP contribution in [-0.2, 0) is 22.4 Å². The number of hydrogen-bond donors (Lipinski definition) is 0. The van der Waals surface area contributed by atoms with E-state index in [0.29, 0.717) is 12.5 Å². The van der Waals surface area contributed by atoms with Crippen LogP contribution >= 0.6 is 0 Å². The van der Waals surface area contributed by atoms with Crippen LogP contribution in [0.5, 0.6) is 0 Å². The number of fused-ring (bicyclic) bond motifs is 1. The van der Waals surface area contributed by atoms with Crippen LogP contribution in [-0.4, -0.2) is 36.1 Å². The predicted octanol–water partition coefficient (Wildman–Crippen LogP) is 3.45. The lowest BCUT2D eigenvalue weighted by Gasteiger charge is -2.39. The van der Waals surface area contributed by atoms with E-state index in [1.165, 1.54) is 36.8 Å². The highest BCUT2D eigenvalue weighted by Crippen LogP contribution is 2.36. The molecule has 27 heavy (non-hydrogen) atoms. The summed E-state index contributed by atoms with van der Waals surface area (Å²) in [6.07, 6.45) is 5.25. The Morgan fingerprint density at radius 2 is 1.89 bits per heavy atom. The van der Waals surface area contributed by atoms with Gasteiger partial charge in [0.2, 0.25) is 0 Å². The summed E-state index contributed by atoms with van der Waals surface area (Å²) in [5.74, 6) is 1.89. The van der Waals surface area contributed by atoms with E-state index < -0.39 is 0 Å². The van der Waals surface area contributed by atoms with Gasteiger partial charge in [-0.25, -0.2) is 9.97 Å². The van der Waals surface area contributed by atoms with E-state index in [9.17, 15) is 4.79 Å². The van der Waals surface area contributed by atoms with E-state index >= 15 is 0 Å². The van der Waals surface area contributed by atoms with Crippen LogP contribution in [0.2, 0.25) is 0 Å². The Hall–Kier alpha value is -2.43. The van der Waals surface area contributed by atoms with Crippen LogP contribution in [0.15, 0.2) is 30.3 Å². The van der Waals surface area contributed by atoms with Crippen molar-refractivity contribution in [3.63, 3.8) is 0 Å². The highest BCUT2D eigenvalue weighted by atomic mass is 16.5. The van der Waals surface area contributed by atoms with Crippen molar-refractivity contribution in [1.29, 1.82) is 0 Å². The molecule has 0 N–H and O–H groups in total. The summed E-state index contributed by atoms with van der Waals surface area (Å²) in [7, 11) is 1.48. The van der Waals surface area contributed by atoms with Gasteiger partial charge in [0.1, 0.15) is 11.6 Å². The van der Waals surface area contributed by atoms with Crippen LogP contribution in [0, 0.1) is 12.8 Å². The molecule has 1 aliphatic heterocycles. The average Bonchev–Trinajstić information content (AvgIpc) is 2.72. The number of piperidine rings is 1. The molecule has 0 amide bonds. The Morgan fingerprint density at radius 3 is 2.67 bits per heavy atom. The number of anilines is 1. The summed E-state index contributed by atoms with van der Waals surface area (Å²) >= 11 is 0. The third kappa shape index (κ3) is 3.68. The molecule has 2 unspecified atom stereocenters. The average molecular weight is 365 g/mol. The number of carbonyl (C=O) groups is 1. The number of methoxy groups -OCH3 is 1. The summed E-state index contributed by atoms with van der Waals surface area (Å²) < 4.78 is 5.10. The van der Waals surface area contributed by atoms with Gasteiger partial charge in [-0.1, -0.05) is 30.3 Å². The zero-order valence-electron chi connectivity index (χ0n) is 16.1. The van der Waals surface area contributed by atoms with Crippen molar-refractivity contribution < 1.29 is 9.53 Å². The molecule has 0 spiro atoms. The molecule has 1 aromatic carbocycles. The van der Waals surface area contributed by atoms with Crippen molar-refractivity contribution in [3.8, 4) is 0 Å². The molecule has 2 atom stereocenters. The van der Waals surface area contributed by atoms with E-state index in [1.54, 1.807) is 0 Å². The Morgan fingerprint density at radius 1 is 1.11 bits per heavy atom. The number of carbonyl (C=O) groups excluding carboxylic acids is 1. The Labute approximate surface area is 160 Å². The van der Waals surface area contributed by atoms with E-state index in [1.807, 2.05) is 13.0 Å². The summed E-state index contributed by atoms with van der Waals surface area (Å²) in [6.45, 7) is 3.51. The quantitative estimate of drug-likeness (QED) is 0.780. The lowest BCUT2D eigenvalue weighted by molar-refractivity contribution is -0.145. The van der Waals surface area contributed by atoms with Crippen molar-refractivity contribution in [3.05, 3.63) is 53.0 Å². The molecule has 1 fully saturated rings. The predicted molar refractivity (Wildman–Crippen MR) is 105 cm³/mol. The molecule has 1 aromatic heterocycles. The van der Waals surface area contributed by atoms with Crippen molar-refractivity contribution in [1.82, 2.24) is 9.97 Å². The van der Waals surface area contributed by atoms with Gasteiger partial charge in [0, 0.05) is 30.3 Å². The molecule has 5 heteroatoms. The third-order valence-electron chi connectivity index (χ3n) is 5.83. The number of aromatic nitrogens is 2. The molecule has 2 aliphatic rings. The van der Waals surface area contributed by atoms with Crippen LogP contribution < -0.4 is 4.90 Å². The standard InChI is InChI=1S/C22H27N3O2/c1-15-23-20-11-7-6-10-19(20)21(24-15)25-13-17(16-8-4-3-5-9-16)12-18(14-25)22(26)27-2/h3-5,8-9,17-18H,6-7,10-14H2,1-2H3. The van der Waals surface area contributed by atoms with Gasteiger partial charge in [0.15, 0.2) is 0 Å². The fourth-order valence-corrected chi connectivity index (χ4v) is 4.53. The zero-order chi connectivity index (χ0) is 18.8. The van der Waals surface area contributed by atoms with Gasteiger partial charge in [-0.05, 0) is 44.6 Å². The van der Waals surface area contributed by atoms with Crippen molar-refractivity contribution >= 4 is 11.8 Å². The molecule has 2 heterocycles. The minimum absolute atomic E-state index is 0.125. The number of hydrogen-bond acceptors (Lipinski definition) is 5. The zero-order valence-corrected chi connectivity index (χ0v) is 16.1. The SMILES string of the molecule is COC(=O)C1CC(c2ccccc2)CN(c2nc(C)nc3c2CCCC3)C1. The first-order valence-corrected chi connectivity index (χ1v) is 9.90. The highest BCUT2D eigenvalue weighted by molar-refractivity contribution is 5.74. The van der Waals surface area contributed by atoms with Crippen LogP contribution in [0.25, 0.3) is 0 Å². The van der Waals surface area contributed by atoms with Gasteiger partial charge in [-0.3, -0.25) is 4.79 Å². The van der Waals surface area contributed by atoms with Crippen molar-refractivity contribution in [2.75, 3.05) is 25.1 Å². The normalized spacial score (nSPS) is 22.2. The molecule has 142 valence electrons. The second-order valence-corrected chi connectivity index (χ2v) is 7.70. The minimum Gasteiger partial charge on any atom is -0.469 e. The smallest absolute Gasteiger partial charge is 0.310 e. The third-order valence-corrected chi connectivity index (χ3v) is 5.83. The van der Waals surface area contributed by atoms with Crippen LogP contribution in [0.4, 0.5) is 5.82 Å². The first-order chi connectivity index (χ1) is 13.2. The Bertz CT molecular complexity index is 822. The topological polar surface area (TPSA) is 55.3 Å². The maximum atomic E-state index is 12.4. The van der Waals surface area contributed by atoms with Crippen molar-refractivity contribution in [2.24, 2.45) is 5.92 Å². The van der Waals surface area contributed by atoms with Crippen molar-refractivity contribution in [2.45, 2.75) is 44.9 Å². The molecule has 2 aromatic rings. The first kappa shape index (κ1) is 18.0. The maximum absolute atomic E-state index is 12.4. The van der Waals surface area contributed by atoms with E-state index in [-0.39, 0.29) is 11.9 Å². The van der Waals surface area contributed by atoms with Gasteiger partial charge >= 0.3 is 5.97 Å². The summed E-state index contributed by atoms with van der Waals surface area (Å²) in [5, 5.41) is 0. The molecular formula is C22H27N3O2. The molecule has 4 rings (SSSR count). The number of ether oxygens (including phenoxy) is 1. The largest absolute Gasteiger partial charge is 0.469 e. The molecule has 0 bridgehead atoms. The number of esters is 1. The lowest BCUT2D eigenvalue weighted by Crippen LogP contribution is -2.44. The van der Waals surface area contributed by atoms with E-state index in [0.717, 1.165) is 37.4 Å². The fourth-order valence-electron chi connectivity index (χ4n) is 4.53. The number of benzene rings is 1. The van der Waals surface area contributed by atoms with E-state index in [4.69, 9.17) is 9.72 Å². The maximum Gasteiger partial charge on any atom is 0.310 e.